The first-order valence-corrected chi connectivity index (χ1v) is 6.12. The van der Waals surface area contributed by atoms with Crippen molar-refractivity contribution in [3.63, 3.8) is 0 Å². The van der Waals surface area contributed by atoms with Gasteiger partial charge in [0.25, 0.3) is 5.91 Å². The molecule has 0 fully saturated rings. The Hall–Kier alpha value is -1.56. The van der Waals surface area contributed by atoms with Crippen LogP contribution in [-0.2, 0) is 9.53 Å². The molecule has 0 bridgehead atoms. The molecule has 5 nitrogen and oxygen atoms in total. The van der Waals surface area contributed by atoms with Gasteiger partial charge in [0, 0.05) is 17.1 Å². The van der Waals surface area contributed by atoms with Crippen molar-refractivity contribution in [3.05, 3.63) is 15.8 Å². The summed E-state index contributed by atoms with van der Waals surface area (Å²) in [5.74, 6) is -0.823. The highest BCUT2D eigenvalue weighted by Crippen LogP contribution is 2.24. The topological polar surface area (TPSA) is 81.4 Å². The van der Waals surface area contributed by atoms with E-state index in [-0.39, 0.29) is 5.91 Å². The lowest BCUT2D eigenvalue weighted by molar-refractivity contribution is -0.128. The summed E-state index contributed by atoms with van der Waals surface area (Å²) < 4.78 is 5.02. The summed E-state index contributed by atoms with van der Waals surface area (Å²) in [6, 6.07) is 1.56. The highest BCUT2D eigenvalue weighted by molar-refractivity contribution is 7.14. The fraction of sp³-hybridized carbons (Fsp3) is 0.455. The molecule has 0 aliphatic carbocycles. The first-order chi connectivity index (χ1) is 7.95. The number of hydrogen-bond donors (Lipinski definition) is 2. The second-order valence-electron chi connectivity index (χ2n) is 3.56. The Morgan fingerprint density at radius 1 is 1.59 bits per heavy atom. The first kappa shape index (κ1) is 13.5. The first-order valence-electron chi connectivity index (χ1n) is 5.30. The maximum atomic E-state index is 11.7. The molecule has 1 aromatic heterocycles. The zero-order chi connectivity index (χ0) is 13.0. The van der Waals surface area contributed by atoms with Gasteiger partial charge in [-0.25, -0.2) is 4.79 Å². The molecule has 6 heteroatoms. The molecule has 1 amide bonds. The summed E-state index contributed by atoms with van der Waals surface area (Å²) in [6.45, 7) is 5.66. The molecule has 1 aromatic rings. The number of anilines is 1. The van der Waals surface area contributed by atoms with Crippen molar-refractivity contribution in [1.29, 1.82) is 0 Å². The summed E-state index contributed by atoms with van der Waals surface area (Å²) in [5.41, 5.74) is 6.20. The fourth-order valence-electron chi connectivity index (χ4n) is 1.19. The van der Waals surface area contributed by atoms with E-state index < -0.39 is 12.1 Å². The van der Waals surface area contributed by atoms with Gasteiger partial charge in [-0.15, -0.1) is 11.3 Å². The average molecular weight is 256 g/mol. The van der Waals surface area contributed by atoms with Crippen LogP contribution >= 0.6 is 11.3 Å². The molecule has 94 valence electrons. The molecule has 3 N–H and O–H groups in total. The van der Waals surface area contributed by atoms with Crippen molar-refractivity contribution in [2.24, 2.45) is 0 Å². The van der Waals surface area contributed by atoms with Crippen LogP contribution in [0.4, 0.5) is 5.69 Å². The zero-order valence-corrected chi connectivity index (χ0v) is 10.9. The largest absolute Gasteiger partial charge is 0.448 e. The number of rotatable bonds is 4. The van der Waals surface area contributed by atoms with Gasteiger partial charge in [0.05, 0.1) is 0 Å². The van der Waals surface area contributed by atoms with E-state index in [2.05, 4.69) is 5.32 Å². The second-order valence-corrected chi connectivity index (χ2v) is 4.82. The zero-order valence-electron chi connectivity index (χ0n) is 10.1. The molecule has 17 heavy (non-hydrogen) atoms. The standard InChI is InChI=1S/C11H16N2O3S/c1-4-13-10(14)6(2)16-11(15)9-5-8(12)7(3)17-9/h5-6H,4,12H2,1-3H3,(H,13,14). The van der Waals surface area contributed by atoms with Crippen molar-refractivity contribution in [3.8, 4) is 0 Å². The van der Waals surface area contributed by atoms with Gasteiger partial charge >= 0.3 is 5.97 Å². The summed E-state index contributed by atoms with van der Waals surface area (Å²) >= 11 is 1.26. The van der Waals surface area contributed by atoms with E-state index in [1.807, 2.05) is 6.92 Å². The molecule has 1 atom stereocenters. The van der Waals surface area contributed by atoms with Crippen LogP contribution in [0.2, 0.25) is 0 Å². The predicted molar refractivity (Wildman–Crippen MR) is 67.0 cm³/mol. The Labute approximate surface area is 104 Å². The number of likely N-dealkylation sites (N-methyl/N-ethyl adjacent to an activating group) is 1. The highest BCUT2D eigenvalue weighted by Gasteiger charge is 2.19. The number of carbonyl (C=O) groups is 2. The molecule has 0 saturated heterocycles. The van der Waals surface area contributed by atoms with Gasteiger partial charge in [0.15, 0.2) is 6.10 Å². The van der Waals surface area contributed by atoms with Crippen LogP contribution in [0.5, 0.6) is 0 Å². The smallest absolute Gasteiger partial charge is 0.349 e. The van der Waals surface area contributed by atoms with E-state index >= 15 is 0 Å². The molecule has 0 aliphatic rings. The number of aryl methyl sites for hydroxylation is 1. The van der Waals surface area contributed by atoms with Crippen LogP contribution in [0.3, 0.4) is 0 Å². The van der Waals surface area contributed by atoms with Gasteiger partial charge in [-0.3, -0.25) is 4.79 Å². The SMILES string of the molecule is CCNC(=O)C(C)OC(=O)c1cc(N)c(C)s1. The molecule has 1 heterocycles. The van der Waals surface area contributed by atoms with Gasteiger partial charge in [-0.2, -0.15) is 0 Å². The maximum Gasteiger partial charge on any atom is 0.349 e. The van der Waals surface area contributed by atoms with E-state index in [9.17, 15) is 9.59 Å². The lowest BCUT2D eigenvalue weighted by atomic mass is 10.3. The fourth-order valence-corrected chi connectivity index (χ4v) is 2.01. The summed E-state index contributed by atoms with van der Waals surface area (Å²) in [7, 11) is 0. The van der Waals surface area contributed by atoms with Crippen molar-refractivity contribution < 1.29 is 14.3 Å². The van der Waals surface area contributed by atoms with Crippen LogP contribution in [0.25, 0.3) is 0 Å². The molecular formula is C11H16N2O3S. The van der Waals surface area contributed by atoms with Gasteiger partial charge in [0.2, 0.25) is 0 Å². The molecule has 0 radical (unpaired) electrons. The lowest BCUT2D eigenvalue weighted by Crippen LogP contribution is -2.35. The van der Waals surface area contributed by atoms with E-state index in [0.29, 0.717) is 17.1 Å². The monoisotopic (exact) mass is 256 g/mol. The van der Waals surface area contributed by atoms with Gasteiger partial charge in [0.1, 0.15) is 4.88 Å². The minimum Gasteiger partial charge on any atom is -0.448 e. The molecule has 0 spiro atoms. The molecule has 1 unspecified atom stereocenters. The van der Waals surface area contributed by atoms with Gasteiger partial charge < -0.3 is 15.8 Å². The number of carbonyl (C=O) groups excluding carboxylic acids is 2. The Morgan fingerprint density at radius 2 is 2.24 bits per heavy atom. The Kier molecular flexibility index (Phi) is 4.51. The van der Waals surface area contributed by atoms with E-state index in [1.54, 1.807) is 13.0 Å². The molecular weight excluding hydrogens is 240 g/mol. The minimum absolute atomic E-state index is 0.304. The highest BCUT2D eigenvalue weighted by atomic mass is 32.1. The molecule has 0 aromatic carbocycles. The normalized spacial score (nSPS) is 11.9. The number of thiophene rings is 1. The third-order valence-corrected chi connectivity index (χ3v) is 3.21. The van der Waals surface area contributed by atoms with Crippen molar-refractivity contribution >= 4 is 28.9 Å². The summed E-state index contributed by atoms with van der Waals surface area (Å²) in [5, 5.41) is 2.58. The third-order valence-electron chi connectivity index (χ3n) is 2.16. The number of esters is 1. The number of nitrogen functional groups attached to an aromatic ring is 1. The number of nitrogens with two attached hydrogens (primary N) is 1. The molecule has 0 saturated carbocycles. The maximum absolute atomic E-state index is 11.7. The van der Waals surface area contributed by atoms with Crippen LogP contribution in [0.1, 0.15) is 28.4 Å². The molecule has 1 rings (SSSR count). The van der Waals surface area contributed by atoms with Crippen LogP contribution < -0.4 is 11.1 Å². The summed E-state index contributed by atoms with van der Waals surface area (Å²) in [4.78, 5) is 24.3. The minimum atomic E-state index is -0.800. The van der Waals surface area contributed by atoms with Crippen molar-refractivity contribution in [1.82, 2.24) is 5.32 Å². The Balaban J connectivity index is 2.63. The van der Waals surface area contributed by atoms with Crippen LogP contribution in [0.15, 0.2) is 6.07 Å². The average Bonchev–Trinajstić information content (AvgIpc) is 2.59. The lowest BCUT2D eigenvalue weighted by Gasteiger charge is -2.11. The van der Waals surface area contributed by atoms with E-state index in [1.165, 1.54) is 18.3 Å². The number of hydrogen-bond acceptors (Lipinski definition) is 5. The third kappa shape index (κ3) is 3.45. The number of ether oxygens (including phenoxy) is 1. The van der Waals surface area contributed by atoms with Crippen molar-refractivity contribution in [2.45, 2.75) is 26.9 Å². The number of nitrogens with one attached hydrogen (secondary N) is 1. The quantitative estimate of drug-likeness (QED) is 0.796. The van der Waals surface area contributed by atoms with Crippen LogP contribution in [0, 0.1) is 6.92 Å². The molecule has 0 aliphatic heterocycles. The van der Waals surface area contributed by atoms with Gasteiger partial charge in [-0.05, 0) is 26.8 Å². The predicted octanol–water partition coefficient (Wildman–Crippen LogP) is 1.32. The van der Waals surface area contributed by atoms with E-state index in [0.717, 1.165) is 4.88 Å². The Bertz CT molecular complexity index is 409. The van der Waals surface area contributed by atoms with Gasteiger partial charge in [-0.1, -0.05) is 0 Å². The van der Waals surface area contributed by atoms with Crippen LogP contribution in [-0.4, -0.2) is 24.5 Å². The summed E-state index contributed by atoms with van der Waals surface area (Å²) in [6.07, 6.45) is -0.800. The number of amides is 1. The second kappa shape index (κ2) is 5.67. The van der Waals surface area contributed by atoms with E-state index in [4.69, 9.17) is 10.5 Å². The van der Waals surface area contributed by atoms with Crippen molar-refractivity contribution in [2.75, 3.05) is 12.3 Å². The Morgan fingerprint density at radius 3 is 2.71 bits per heavy atom.